The summed E-state index contributed by atoms with van der Waals surface area (Å²) >= 11 is 0. The molecule has 0 N–H and O–H groups in total. The Morgan fingerprint density at radius 2 is 1.74 bits per heavy atom. The van der Waals surface area contributed by atoms with Gasteiger partial charge in [0, 0.05) is 20.6 Å². The van der Waals surface area contributed by atoms with Crippen molar-refractivity contribution in [3.63, 3.8) is 0 Å². The molecule has 0 atom stereocenters. The second kappa shape index (κ2) is 15.5. The van der Waals surface area contributed by atoms with E-state index in [1.54, 1.807) is 20.5 Å². The first kappa shape index (κ1) is 18.4. The molecule has 0 amide bonds. The molecule has 0 saturated carbocycles. The summed E-state index contributed by atoms with van der Waals surface area (Å²) in [6.45, 7) is 3.34. The summed E-state index contributed by atoms with van der Waals surface area (Å²) in [7, 11) is 3.28. The van der Waals surface area contributed by atoms with Gasteiger partial charge in [-0.1, -0.05) is 32.6 Å². The summed E-state index contributed by atoms with van der Waals surface area (Å²) in [4.78, 5) is 0. The lowest BCUT2D eigenvalue weighted by atomic mass is 10.2. The lowest BCUT2D eigenvalue weighted by Gasteiger charge is -2.11. The van der Waals surface area contributed by atoms with Gasteiger partial charge >= 0.3 is 0 Å². The molecule has 0 aromatic heterocycles. The normalized spacial score (nSPS) is 11.6. The molecule has 19 heavy (non-hydrogen) atoms. The van der Waals surface area contributed by atoms with E-state index >= 15 is 0 Å². The van der Waals surface area contributed by atoms with Crippen molar-refractivity contribution in [1.29, 1.82) is 0 Å². The van der Waals surface area contributed by atoms with Crippen molar-refractivity contribution in [3.05, 3.63) is 12.3 Å². The Bertz CT molecular complexity index is 191. The number of rotatable bonds is 14. The highest BCUT2D eigenvalue weighted by Crippen LogP contribution is 2.03. The Kier molecular flexibility index (Phi) is 15.0. The molecule has 4 nitrogen and oxygen atoms in total. The summed E-state index contributed by atoms with van der Waals surface area (Å²) in [5, 5.41) is 0. The van der Waals surface area contributed by atoms with E-state index in [1.807, 2.05) is 6.08 Å². The first-order valence-corrected chi connectivity index (χ1v) is 7.25. The van der Waals surface area contributed by atoms with Gasteiger partial charge in [-0.3, -0.25) is 0 Å². The van der Waals surface area contributed by atoms with Crippen LogP contribution in [0.15, 0.2) is 12.3 Å². The van der Waals surface area contributed by atoms with E-state index in [0.717, 1.165) is 25.9 Å². The molecule has 0 fully saturated rings. The smallest absolute Gasteiger partial charge is 0.188 e. The van der Waals surface area contributed by atoms with E-state index in [1.165, 1.54) is 25.7 Å². The predicted octanol–water partition coefficient (Wildman–Crippen LogP) is 3.86. The van der Waals surface area contributed by atoms with Crippen LogP contribution in [0.1, 0.15) is 51.9 Å². The highest BCUT2D eigenvalue weighted by atomic mass is 16.7. The number of unbranched alkanes of at least 4 members (excludes halogenated alkanes) is 4. The van der Waals surface area contributed by atoms with Gasteiger partial charge in [-0.2, -0.15) is 0 Å². The Balaban J connectivity index is 3.16. The molecule has 0 rings (SSSR count). The number of hydrogen-bond acceptors (Lipinski definition) is 4. The summed E-state index contributed by atoms with van der Waals surface area (Å²) in [6.07, 6.45) is 11.5. The van der Waals surface area contributed by atoms with Crippen LogP contribution >= 0.6 is 0 Å². The SMILES string of the molecule is CCCCCCCOCOC=CCCC(OC)OC. The zero-order valence-corrected chi connectivity index (χ0v) is 12.7. The van der Waals surface area contributed by atoms with Crippen molar-refractivity contribution < 1.29 is 18.9 Å². The minimum Gasteiger partial charge on any atom is -0.475 e. The lowest BCUT2D eigenvalue weighted by molar-refractivity contribution is -0.105. The maximum absolute atomic E-state index is 5.36. The molecule has 114 valence electrons. The second-order valence-corrected chi connectivity index (χ2v) is 4.46. The average Bonchev–Trinajstić information content (AvgIpc) is 2.44. The van der Waals surface area contributed by atoms with Crippen LogP contribution < -0.4 is 0 Å². The minimum absolute atomic E-state index is 0.135. The van der Waals surface area contributed by atoms with Gasteiger partial charge in [0.1, 0.15) is 0 Å². The maximum Gasteiger partial charge on any atom is 0.188 e. The number of allylic oxidation sites excluding steroid dienone is 1. The second-order valence-electron chi connectivity index (χ2n) is 4.46. The largest absolute Gasteiger partial charge is 0.475 e. The number of hydrogen-bond donors (Lipinski definition) is 0. The topological polar surface area (TPSA) is 36.9 Å². The molecular weight excluding hydrogens is 244 g/mol. The Labute approximate surface area is 118 Å². The molecular formula is C15H30O4. The molecule has 0 aliphatic rings. The molecule has 0 saturated heterocycles. The molecule has 0 bridgehead atoms. The van der Waals surface area contributed by atoms with Crippen LogP contribution in [0, 0.1) is 0 Å². The van der Waals surface area contributed by atoms with Gasteiger partial charge in [-0.05, 0) is 18.9 Å². The van der Waals surface area contributed by atoms with Gasteiger partial charge in [-0.15, -0.1) is 0 Å². The van der Waals surface area contributed by atoms with Gasteiger partial charge in [0.2, 0.25) is 0 Å². The molecule has 0 heterocycles. The molecule has 4 heteroatoms. The molecule has 0 radical (unpaired) electrons. The van der Waals surface area contributed by atoms with Crippen molar-refractivity contribution in [2.45, 2.75) is 58.2 Å². The van der Waals surface area contributed by atoms with Crippen molar-refractivity contribution in [3.8, 4) is 0 Å². The third-order valence-electron chi connectivity index (χ3n) is 2.83. The molecule has 0 unspecified atom stereocenters. The van der Waals surface area contributed by atoms with E-state index < -0.39 is 0 Å². The predicted molar refractivity (Wildman–Crippen MR) is 76.8 cm³/mol. The zero-order valence-electron chi connectivity index (χ0n) is 12.7. The van der Waals surface area contributed by atoms with Crippen LogP contribution in [0.2, 0.25) is 0 Å². The minimum atomic E-state index is -0.135. The van der Waals surface area contributed by atoms with Gasteiger partial charge in [-0.25, -0.2) is 0 Å². The fourth-order valence-corrected chi connectivity index (χ4v) is 1.65. The standard InChI is InChI=1S/C15H30O4/c1-4-5-6-7-9-12-18-14-19-13-10-8-11-15(16-2)17-3/h10,13,15H,4-9,11-12,14H2,1-3H3. The molecule has 0 spiro atoms. The van der Waals surface area contributed by atoms with Crippen LogP contribution in [0.5, 0.6) is 0 Å². The highest BCUT2D eigenvalue weighted by molar-refractivity contribution is 4.73. The van der Waals surface area contributed by atoms with Crippen LogP contribution in [-0.4, -0.2) is 33.9 Å². The maximum atomic E-state index is 5.36. The first-order chi connectivity index (χ1) is 9.35. The molecule has 0 aromatic rings. The quantitative estimate of drug-likeness (QED) is 0.274. The van der Waals surface area contributed by atoms with Crippen LogP contribution in [0.3, 0.4) is 0 Å². The van der Waals surface area contributed by atoms with Crippen LogP contribution in [0.4, 0.5) is 0 Å². The molecule has 0 aliphatic heterocycles. The van der Waals surface area contributed by atoms with Gasteiger partial charge in [0.05, 0.1) is 12.9 Å². The van der Waals surface area contributed by atoms with E-state index in [-0.39, 0.29) is 6.29 Å². The summed E-state index contributed by atoms with van der Waals surface area (Å²) in [5.74, 6) is 0. The summed E-state index contributed by atoms with van der Waals surface area (Å²) < 4.78 is 20.7. The molecule has 0 aliphatic carbocycles. The third-order valence-corrected chi connectivity index (χ3v) is 2.83. The lowest BCUT2D eigenvalue weighted by Crippen LogP contribution is -2.11. The Hall–Kier alpha value is -0.580. The fraction of sp³-hybridized carbons (Fsp3) is 0.867. The number of methoxy groups -OCH3 is 2. The van der Waals surface area contributed by atoms with Crippen molar-refractivity contribution in [1.82, 2.24) is 0 Å². The van der Waals surface area contributed by atoms with Gasteiger partial charge in [0.15, 0.2) is 13.1 Å². The summed E-state index contributed by atoms with van der Waals surface area (Å²) in [6, 6.07) is 0. The van der Waals surface area contributed by atoms with E-state index in [2.05, 4.69) is 6.92 Å². The van der Waals surface area contributed by atoms with E-state index in [0.29, 0.717) is 6.79 Å². The van der Waals surface area contributed by atoms with Crippen molar-refractivity contribution in [2.75, 3.05) is 27.6 Å². The Morgan fingerprint density at radius 3 is 2.42 bits per heavy atom. The average molecular weight is 274 g/mol. The van der Waals surface area contributed by atoms with Crippen LogP contribution in [0.25, 0.3) is 0 Å². The van der Waals surface area contributed by atoms with Crippen molar-refractivity contribution in [2.24, 2.45) is 0 Å². The highest BCUT2D eigenvalue weighted by Gasteiger charge is 2.01. The van der Waals surface area contributed by atoms with E-state index in [9.17, 15) is 0 Å². The zero-order chi connectivity index (χ0) is 14.2. The number of ether oxygens (including phenoxy) is 4. The Morgan fingerprint density at radius 1 is 1.00 bits per heavy atom. The van der Waals surface area contributed by atoms with Crippen LogP contribution in [-0.2, 0) is 18.9 Å². The third kappa shape index (κ3) is 13.6. The van der Waals surface area contributed by atoms with E-state index in [4.69, 9.17) is 18.9 Å². The monoisotopic (exact) mass is 274 g/mol. The van der Waals surface area contributed by atoms with Crippen molar-refractivity contribution >= 4 is 0 Å². The fourth-order valence-electron chi connectivity index (χ4n) is 1.65. The van der Waals surface area contributed by atoms with Gasteiger partial charge < -0.3 is 18.9 Å². The van der Waals surface area contributed by atoms with Gasteiger partial charge in [0.25, 0.3) is 0 Å². The molecule has 0 aromatic carbocycles. The summed E-state index contributed by atoms with van der Waals surface area (Å²) in [5.41, 5.74) is 0. The first-order valence-electron chi connectivity index (χ1n) is 7.25.